The first-order valence-corrected chi connectivity index (χ1v) is 5.65. The summed E-state index contributed by atoms with van der Waals surface area (Å²) in [6.45, 7) is 0.152. The van der Waals surface area contributed by atoms with Crippen molar-refractivity contribution in [3.63, 3.8) is 0 Å². The van der Waals surface area contributed by atoms with E-state index in [1.807, 2.05) is 6.07 Å². The van der Waals surface area contributed by atoms with Gasteiger partial charge in [0.25, 0.3) is 0 Å². The molecule has 2 N–H and O–H groups in total. The van der Waals surface area contributed by atoms with Gasteiger partial charge in [-0.1, -0.05) is 6.07 Å². The van der Waals surface area contributed by atoms with Gasteiger partial charge in [0.1, 0.15) is 6.54 Å². The predicted octanol–water partition coefficient (Wildman–Crippen LogP) is 0.641. The fourth-order valence-corrected chi connectivity index (χ4v) is 1.64. The van der Waals surface area contributed by atoms with Gasteiger partial charge in [-0.15, -0.1) is 0 Å². The van der Waals surface area contributed by atoms with Gasteiger partial charge in [-0.25, -0.2) is 4.79 Å². The molecule has 1 aromatic carbocycles. The number of carbonyl (C=O) groups is 2. The van der Waals surface area contributed by atoms with Crippen LogP contribution in [0.15, 0.2) is 18.2 Å². The SMILES string of the molecule is CN(CC(=O)O)C(=O)NCc1ccc2c(c1)OCO2. The zero-order valence-corrected chi connectivity index (χ0v) is 10.4. The Balaban J connectivity index is 1.88. The van der Waals surface area contributed by atoms with Gasteiger partial charge in [0.15, 0.2) is 11.5 Å². The van der Waals surface area contributed by atoms with Crippen molar-refractivity contribution in [2.45, 2.75) is 6.54 Å². The lowest BCUT2D eigenvalue weighted by atomic mass is 10.2. The summed E-state index contributed by atoms with van der Waals surface area (Å²) in [4.78, 5) is 23.1. The van der Waals surface area contributed by atoms with Crippen LogP contribution in [0.4, 0.5) is 4.79 Å². The molecular weight excluding hydrogens is 252 g/mol. The maximum absolute atomic E-state index is 11.6. The van der Waals surface area contributed by atoms with Gasteiger partial charge in [0, 0.05) is 13.6 Å². The van der Waals surface area contributed by atoms with Gasteiger partial charge in [-0.2, -0.15) is 0 Å². The maximum Gasteiger partial charge on any atom is 0.323 e. The molecule has 0 saturated heterocycles. The van der Waals surface area contributed by atoms with Crippen molar-refractivity contribution in [3.8, 4) is 11.5 Å². The molecule has 2 rings (SSSR count). The van der Waals surface area contributed by atoms with Crippen LogP contribution >= 0.6 is 0 Å². The van der Waals surface area contributed by atoms with Gasteiger partial charge >= 0.3 is 12.0 Å². The number of ether oxygens (including phenoxy) is 2. The molecule has 0 atom stereocenters. The van der Waals surface area contributed by atoms with E-state index in [4.69, 9.17) is 14.6 Å². The first-order chi connectivity index (χ1) is 9.06. The van der Waals surface area contributed by atoms with E-state index in [0.29, 0.717) is 18.0 Å². The number of carbonyl (C=O) groups excluding carboxylic acids is 1. The number of benzene rings is 1. The average molecular weight is 266 g/mol. The first kappa shape index (κ1) is 13.0. The predicted molar refractivity (Wildman–Crippen MR) is 65.1 cm³/mol. The monoisotopic (exact) mass is 266 g/mol. The average Bonchev–Trinajstić information content (AvgIpc) is 2.82. The number of urea groups is 1. The number of aliphatic carboxylic acids is 1. The Hall–Kier alpha value is -2.44. The lowest BCUT2D eigenvalue weighted by molar-refractivity contribution is -0.137. The third-order valence-electron chi connectivity index (χ3n) is 2.60. The molecule has 7 heteroatoms. The number of nitrogens with one attached hydrogen (secondary N) is 1. The van der Waals surface area contributed by atoms with Gasteiger partial charge in [0.2, 0.25) is 6.79 Å². The highest BCUT2D eigenvalue weighted by Crippen LogP contribution is 2.32. The summed E-state index contributed by atoms with van der Waals surface area (Å²) in [5, 5.41) is 11.2. The quantitative estimate of drug-likeness (QED) is 0.835. The van der Waals surface area contributed by atoms with Gasteiger partial charge < -0.3 is 24.8 Å². The molecule has 1 heterocycles. The highest BCUT2D eigenvalue weighted by atomic mass is 16.7. The standard InChI is InChI=1S/C12H14N2O5/c1-14(6-11(15)16)12(17)13-5-8-2-3-9-10(4-8)19-7-18-9/h2-4H,5-7H2,1H3,(H,13,17)(H,15,16). The number of nitrogens with zero attached hydrogens (tertiary/aromatic N) is 1. The Labute approximate surface area is 109 Å². The van der Waals surface area contributed by atoms with Crippen LogP contribution < -0.4 is 14.8 Å². The number of carboxylic acid groups (broad SMARTS) is 1. The summed E-state index contributed by atoms with van der Waals surface area (Å²) >= 11 is 0. The summed E-state index contributed by atoms with van der Waals surface area (Å²) in [7, 11) is 1.42. The number of likely N-dealkylation sites (N-methyl/N-ethyl adjacent to an activating group) is 1. The fraction of sp³-hybridized carbons (Fsp3) is 0.333. The Morgan fingerprint density at radius 3 is 2.84 bits per heavy atom. The summed E-state index contributed by atoms with van der Waals surface area (Å²) in [5.41, 5.74) is 0.848. The summed E-state index contributed by atoms with van der Waals surface area (Å²) in [5.74, 6) is 0.268. The molecule has 0 bridgehead atoms. The molecule has 1 aliphatic rings. The van der Waals surface area contributed by atoms with E-state index < -0.39 is 12.0 Å². The van der Waals surface area contributed by atoms with Crippen molar-refractivity contribution in [2.75, 3.05) is 20.4 Å². The highest BCUT2D eigenvalue weighted by Gasteiger charge is 2.14. The minimum absolute atomic E-state index is 0.201. The topological polar surface area (TPSA) is 88.1 Å². The van der Waals surface area contributed by atoms with Crippen LogP contribution in [0.3, 0.4) is 0 Å². The van der Waals surface area contributed by atoms with Crippen molar-refractivity contribution in [3.05, 3.63) is 23.8 Å². The molecule has 102 valence electrons. The third kappa shape index (κ3) is 3.27. The number of rotatable bonds is 4. The molecule has 1 aromatic rings. The molecule has 0 aromatic heterocycles. The molecule has 0 fully saturated rings. The molecule has 0 unspecified atom stereocenters. The number of carboxylic acids is 1. The van der Waals surface area contributed by atoms with E-state index in [1.165, 1.54) is 7.05 Å². The fourth-order valence-electron chi connectivity index (χ4n) is 1.64. The van der Waals surface area contributed by atoms with Crippen LogP contribution in [-0.2, 0) is 11.3 Å². The zero-order chi connectivity index (χ0) is 13.8. The van der Waals surface area contributed by atoms with Crippen LogP contribution in [0.2, 0.25) is 0 Å². The van der Waals surface area contributed by atoms with Gasteiger partial charge in [-0.05, 0) is 17.7 Å². The second-order valence-electron chi connectivity index (χ2n) is 4.10. The van der Waals surface area contributed by atoms with Crippen molar-refractivity contribution in [2.24, 2.45) is 0 Å². The van der Waals surface area contributed by atoms with Gasteiger partial charge in [-0.3, -0.25) is 4.79 Å². The van der Waals surface area contributed by atoms with E-state index in [2.05, 4.69) is 5.32 Å². The zero-order valence-electron chi connectivity index (χ0n) is 10.4. The van der Waals surface area contributed by atoms with Crippen LogP contribution in [0.5, 0.6) is 11.5 Å². The summed E-state index contributed by atoms with van der Waals surface area (Å²) < 4.78 is 10.4. The highest BCUT2D eigenvalue weighted by molar-refractivity contribution is 5.79. The number of hydrogen-bond acceptors (Lipinski definition) is 4. The van der Waals surface area contributed by atoms with Crippen molar-refractivity contribution < 1.29 is 24.2 Å². The molecule has 0 radical (unpaired) electrons. The lowest BCUT2D eigenvalue weighted by Crippen LogP contribution is -2.39. The van der Waals surface area contributed by atoms with Crippen molar-refractivity contribution in [1.82, 2.24) is 10.2 Å². The first-order valence-electron chi connectivity index (χ1n) is 5.65. The largest absolute Gasteiger partial charge is 0.480 e. The van der Waals surface area contributed by atoms with Crippen LogP contribution in [0.1, 0.15) is 5.56 Å². The lowest BCUT2D eigenvalue weighted by Gasteiger charge is -2.15. The molecule has 7 nitrogen and oxygen atoms in total. The second-order valence-corrected chi connectivity index (χ2v) is 4.10. The number of fused-ring (bicyclic) bond motifs is 1. The molecule has 0 saturated carbocycles. The molecule has 2 amide bonds. The van der Waals surface area contributed by atoms with E-state index in [1.54, 1.807) is 12.1 Å². The smallest absolute Gasteiger partial charge is 0.323 e. The Kier molecular flexibility index (Phi) is 3.74. The van der Waals surface area contributed by atoms with Crippen molar-refractivity contribution in [1.29, 1.82) is 0 Å². The van der Waals surface area contributed by atoms with E-state index in [-0.39, 0.29) is 13.3 Å². The molecule has 0 aliphatic carbocycles. The normalized spacial score (nSPS) is 12.1. The third-order valence-corrected chi connectivity index (χ3v) is 2.60. The van der Waals surface area contributed by atoms with Crippen molar-refractivity contribution >= 4 is 12.0 Å². The molecular formula is C12H14N2O5. The van der Waals surface area contributed by atoms with E-state index in [9.17, 15) is 9.59 Å². The number of amides is 2. The summed E-state index contributed by atoms with van der Waals surface area (Å²) in [6.07, 6.45) is 0. The molecule has 19 heavy (non-hydrogen) atoms. The minimum atomic E-state index is -1.05. The van der Waals surface area contributed by atoms with E-state index in [0.717, 1.165) is 10.5 Å². The van der Waals surface area contributed by atoms with Crippen LogP contribution in [-0.4, -0.2) is 42.4 Å². The minimum Gasteiger partial charge on any atom is -0.480 e. The van der Waals surface area contributed by atoms with Crippen LogP contribution in [0, 0.1) is 0 Å². The maximum atomic E-state index is 11.6. The van der Waals surface area contributed by atoms with E-state index >= 15 is 0 Å². The Morgan fingerprint density at radius 2 is 2.11 bits per heavy atom. The number of hydrogen-bond donors (Lipinski definition) is 2. The Bertz CT molecular complexity index is 503. The Morgan fingerprint density at radius 1 is 1.37 bits per heavy atom. The van der Waals surface area contributed by atoms with Gasteiger partial charge in [0.05, 0.1) is 0 Å². The van der Waals surface area contributed by atoms with Crippen LogP contribution in [0.25, 0.3) is 0 Å². The second kappa shape index (κ2) is 5.47. The summed E-state index contributed by atoms with van der Waals surface area (Å²) in [6, 6.07) is 4.91. The molecule has 1 aliphatic heterocycles. The molecule has 0 spiro atoms.